The van der Waals surface area contributed by atoms with Gasteiger partial charge in [0.25, 0.3) is 0 Å². The highest BCUT2D eigenvalue weighted by molar-refractivity contribution is 5.86. The van der Waals surface area contributed by atoms with Crippen molar-refractivity contribution in [3.8, 4) is 0 Å². The van der Waals surface area contributed by atoms with Crippen LogP contribution in [-0.4, -0.2) is 24.5 Å². The maximum Gasteiger partial charge on any atom is 0.407 e. The second-order valence-electron chi connectivity index (χ2n) is 3.13. The number of hydrogen-bond acceptors (Lipinski definition) is 3. The lowest BCUT2D eigenvalue weighted by molar-refractivity contribution is -0.129. The number of hydrogen-bond donors (Lipinski definition) is 1. The first kappa shape index (κ1) is 11.9. The van der Waals surface area contributed by atoms with Gasteiger partial charge in [-0.1, -0.05) is 13.8 Å². The van der Waals surface area contributed by atoms with Gasteiger partial charge in [-0.15, -0.1) is 0 Å². The molecule has 0 fully saturated rings. The van der Waals surface area contributed by atoms with Gasteiger partial charge in [0.05, 0.1) is 0 Å². The topological polar surface area (TPSA) is 55.4 Å². The van der Waals surface area contributed by atoms with E-state index in [4.69, 9.17) is 4.74 Å². The van der Waals surface area contributed by atoms with E-state index >= 15 is 0 Å². The van der Waals surface area contributed by atoms with Crippen molar-refractivity contribution < 1.29 is 14.3 Å². The number of ether oxygens (including phenoxy) is 1. The Morgan fingerprint density at radius 1 is 1.31 bits per heavy atom. The van der Waals surface area contributed by atoms with Crippen LogP contribution < -0.4 is 5.32 Å². The molecule has 4 nitrogen and oxygen atoms in total. The predicted octanol–water partition coefficient (Wildman–Crippen LogP) is 1.35. The van der Waals surface area contributed by atoms with Crippen LogP contribution in [0.2, 0.25) is 0 Å². The fourth-order valence-electron chi connectivity index (χ4n) is 0.874. The van der Waals surface area contributed by atoms with Gasteiger partial charge in [-0.3, -0.25) is 4.79 Å². The number of nitrogens with one attached hydrogen (secondary N) is 1. The smallest absolute Gasteiger partial charge is 0.407 e. The third-order valence-corrected chi connectivity index (χ3v) is 1.57. The molecule has 1 atom stereocenters. The number of alkyl carbamates (subject to hydrolysis) is 1. The maximum absolute atomic E-state index is 11.3. The molecule has 0 saturated heterocycles. The second-order valence-corrected chi connectivity index (χ2v) is 3.13. The molecule has 0 rings (SSSR count). The zero-order valence-electron chi connectivity index (χ0n) is 8.59. The summed E-state index contributed by atoms with van der Waals surface area (Å²) in [5, 5.41) is 2.46. The van der Waals surface area contributed by atoms with Crippen LogP contribution in [0.25, 0.3) is 0 Å². The first-order chi connectivity index (χ1) is 5.99. The Morgan fingerprint density at radius 2 is 1.85 bits per heavy atom. The molecule has 13 heavy (non-hydrogen) atoms. The van der Waals surface area contributed by atoms with Crippen molar-refractivity contribution in [2.75, 3.05) is 6.54 Å². The Balaban J connectivity index is 3.92. The summed E-state index contributed by atoms with van der Waals surface area (Å²) in [4.78, 5) is 22.2. The van der Waals surface area contributed by atoms with E-state index in [1.54, 1.807) is 27.7 Å². The maximum atomic E-state index is 11.3. The molecule has 4 heteroatoms. The number of amides is 1. The minimum Gasteiger partial charge on any atom is -0.439 e. The number of carbonyl (C=O) groups excluding carboxylic acids is 2. The summed E-state index contributed by atoms with van der Waals surface area (Å²) in [6.45, 7) is 7.43. The standard InChI is InChI=1S/C9H17NO3/c1-5-10-9(12)13-7(4)8(11)6(2)3/h6-7H,5H2,1-4H3,(H,10,12). The van der Waals surface area contributed by atoms with Crippen LogP contribution in [0.15, 0.2) is 0 Å². The predicted molar refractivity (Wildman–Crippen MR) is 49.5 cm³/mol. The van der Waals surface area contributed by atoms with Crippen LogP contribution in [0.4, 0.5) is 4.79 Å². The van der Waals surface area contributed by atoms with Crippen molar-refractivity contribution in [2.24, 2.45) is 5.92 Å². The molecule has 0 bridgehead atoms. The Bertz CT molecular complexity index is 189. The summed E-state index contributed by atoms with van der Waals surface area (Å²) >= 11 is 0. The lowest BCUT2D eigenvalue weighted by Gasteiger charge is -2.13. The highest BCUT2D eigenvalue weighted by Crippen LogP contribution is 2.02. The summed E-state index contributed by atoms with van der Waals surface area (Å²) in [6.07, 6.45) is -1.20. The van der Waals surface area contributed by atoms with Crippen LogP contribution in [0, 0.1) is 5.92 Å². The van der Waals surface area contributed by atoms with Gasteiger partial charge in [0.2, 0.25) is 0 Å². The zero-order chi connectivity index (χ0) is 10.4. The van der Waals surface area contributed by atoms with E-state index in [-0.39, 0.29) is 11.7 Å². The van der Waals surface area contributed by atoms with Gasteiger partial charge in [0, 0.05) is 12.5 Å². The van der Waals surface area contributed by atoms with E-state index in [1.807, 2.05) is 0 Å². The van der Waals surface area contributed by atoms with Gasteiger partial charge in [-0.25, -0.2) is 4.79 Å². The fourth-order valence-corrected chi connectivity index (χ4v) is 0.874. The van der Waals surface area contributed by atoms with Gasteiger partial charge < -0.3 is 10.1 Å². The minimum atomic E-state index is -0.661. The monoisotopic (exact) mass is 187 g/mol. The molecular formula is C9H17NO3. The van der Waals surface area contributed by atoms with Gasteiger partial charge >= 0.3 is 6.09 Å². The lowest BCUT2D eigenvalue weighted by Crippen LogP contribution is -2.33. The third kappa shape index (κ3) is 4.50. The van der Waals surface area contributed by atoms with Crippen molar-refractivity contribution in [2.45, 2.75) is 33.8 Å². The number of ketones is 1. The molecule has 0 saturated carbocycles. The summed E-state index contributed by atoms with van der Waals surface area (Å²) < 4.78 is 4.81. The van der Waals surface area contributed by atoms with E-state index in [2.05, 4.69) is 5.32 Å². The first-order valence-corrected chi connectivity index (χ1v) is 4.47. The van der Waals surface area contributed by atoms with E-state index in [0.717, 1.165) is 0 Å². The molecular weight excluding hydrogens is 170 g/mol. The Hall–Kier alpha value is -1.06. The fraction of sp³-hybridized carbons (Fsp3) is 0.778. The average Bonchev–Trinajstić information content (AvgIpc) is 2.03. The van der Waals surface area contributed by atoms with Crippen LogP contribution in [-0.2, 0) is 9.53 Å². The Labute approximate surface area is 78.6 Å². The minimum absolute atomic E-state index is 0.0637. The van der Waals surface area contributed by atoms with Crippen LogP contribution >= 0.6 is 0 Å². The quantitative estimate of drug-likeness (QED) is 0.722. The average molecular weight is 187 g/mol. The van der Waals surface area contributed by atoms with Gasteiger partial charge in [-0.05, 0) is 13.8 Å². The van der Waals surface area contributed by atoms with E-state index in [9.17, 15) is 9.59 Å². The third-order valence-electron chi connectivity index (χ3n) is 1.57. The highest BCUT2D eigenvalue weighted by Gasteiger charge is 2.19. The molecule has 0 aliphatic heterocycles. The Kier molecular flexibility index (Phi) is 5.11. The van der Waals surface area contributed by atoms with E-state index < -0.39 is 12.2 Å². The lowest BCUT2D eigenvalue weighted by atomic mass is 10.1. The Morgan fingerprint density at radius 3 is 2.23 bits per heavy atom. The van der Waals surface area contributed by atoms with Crippen LogP contribution in [0.1, 0.15) is 27.7 Å². The molecule has 1 N–H and O–H groups in total. The van der Waals surface area contributed by atoms with Gasteiger partial charge in [0.1, 0.15) is 0 Å². The van der Waals surface area contributed by atoms with Gasteiger partial charge in [0.15, 0.2) is 11.9 Å². The van der Waals surface area contributed by atoms with Crippen molar-refractivity contribution in [1.82, 2.24) is 5.32 Å². The molecule has 0 spiro atoms. The van der Waals surface area contributed by atoms with Crippen molar-refractivity contribution in [3.63, 3.8) is 0 Å². The number of rotatable bonds is 4. The summed E-state index contributed by atoms with van der Waals surface area (Å²) in [7, 11) is 0. The number of Topliss-reactive ketones (excluding diaryl/α,β-unsaturated/α-hetero) is 1. The summed E-state index contributed by atoms with van der Waals surface area (Å²) in [5.41, 5.74) is 0. The highest BCUT2D eigenvalue weighted by atomic mass is 16.6. The molecule has 0 heterocycles. The van der Waals surface area contributed by atoms with E-state index in [1.165, 1.54) is 0 Å². The van der Waals surface area contributed by atoms with Crippen molar-refractivity contribution in [1.29, 1.82) is 0 Å². The molecule has 76 valence electrons. The largest absolute Gasteiger partial charge is 0.439 e. The normalized spacial score (nSPS) is 12.4. The van der Waals surface area contributed by atoms with Gasteiger partial charge in [-0.2, -0.15) is 0 Å². The molecule has 0 aliphatic rings. The molecule has 1 amide bonds. The zero-order valence-corrected chi connectivity index (χ0v) is 8.59. The summed E-state index contributed by atoms with van der Waals surface area (Å²) in [5.74, 6) is -0.171. The van der Waals surface area contributed by atoms with Crippen LogP contribution in [0.3, 0.4) is 0 Å². The van der Waals surface area contributed by atoms with Crippen molar-refractivity contribution in [3.05, 3.63) is 0 Å². The molecule has 1 unspecified atom stereocenters. The molecule has 0 aromatic heterocycles. The van der Waals surface area contributed by atoms with Crippen molar-refractivity contribution >= 4 is 11.9 Å². The SMILES string of the molecule is CCNC(=O)OC(C)C(=O)C(C)C. The molecule has 0 aromatic carbocycles. The molecule has 0 radical (unpaired) electrons. The summed E-state index contributed by atoms with van der Waals surface area (Å²) in [6, 6.07) is 0. The molecule has 0 aliphatic carbocycles. The first-order valence-electron chi connectivity index (χ1n) is 4.47. The molecule has 0 aromatic rings. The van der Waals surface area contributed by atoms with E-state index in [0.29, 0.717) is 6.54 Å². The second kappa shape index (κ2) is 5.56. The van der Waals surface area contributed by atoms with Crippen LogP contribution in [0.5, 0.6) is 0 Å². The number of carbonyl (C=O) groups is 2.